The molecule has 2 N–H and O–H groups in total. The van der Waals surface area contributed by atoms with Crippen LogP contribution in [0.2, 0.25) is 0 Å². The van der Waals surface area contributed by atoms with E-state index in [4.69, 9.17) is 26.4 Å². The first kappa shape index (κ1) is 19.9. The number of halogens is 1. The quantitative estimate of drug-likeness (QED) is 0.701. The van der Waals surface area contributed by atoms with Gasteiger partial charge in [0.25, 0.3) is 0 Å². The Kier molecular flexibility index (Phi) is 6.43. The van der Waals surface area contributed by atoms with E-state index in [0.29, 0.717) is 31.4 Å². The van der Waals surface area contributed by atoms with Gasteiger partial charge in [-0.25, -0.2) is 4.39 Å². The van der Waals surface area contributed by atoms with Gasteiger partial charge in [-0.05, 0) is 47.6 Å². The first-order valence-corrected chi connectivity index (χ1v) is 10.1. The molecule has 0 bridgehead atoms. The van der Waals surface area contributed by atoms with Crippen LogP contribution in [-0.2, 0) is 11.3 Å². The van der Waals surface area contributed by atoms with E-state index in [-0.39, 0.29) is 18.7 Å². The maximum absolute atomic E-state index is 13.4. The molecule has 0 radical (unpaired) electrons. The summed E-state index contributed by atoms with van der Waals surface area (Å²) in [6, 6.07) is 12.6. The van der Waals surface area contributed by atoms with E-state index < -0.39 is 0 Å². The molecule has 0 amide bonds. The van der Waals surface area contributed by atoms with Gasteiger partial charge in [0.15, 0.2) is 16.6 Å². The molecule has 2 aliphatic rings. The van der Waals surface area contributed by atoms with Gasteiger partial charge in [0.1, 0.15) is 5.82 Å². The van der Waals surface area contributed by atoms with Gasteiger partial charge in [-0.15, -0.1) is 0 Å². The third-order valence-corrected chi connectivity index (χ3v) is 5.38. The maximum atomic E-state index is 13.4. The predicted molar refractivity (Wildman–Crippen MR) is 112 cm³/mol. The fourth-order valence-electron chi connectivity index (χ4n) is 3.52. The summed E-state index contributed by atoms with van der Waals surface area (Å²) in [5.74, 6) is 1.29. The van der Waals surface area contributed by atoms with Crippen LogP contribution in [0.5, 0.6) is 11.5 Å². The van der Waals surface area contributed by atoms with Crippen molar-refractivity contribution in [2.45, 2.75) is 12.6 Å². The van der Waals surface area contributed by atoms with E-state index in [1.54, 1.807) is 0 Å². The molecular weight excluding hydrogens is 393 g/mol. The Morgan fingerprint density at radius 3 is 2.59 bits per heavy atom. The van der Waals surface area contributed by atoms with E-state index in [1.807, 2.05) is 30.3 Å². The number of fused-ring (bicyclic) bond motifs is 1. The molecule has 4 rings (SSSR count). The molecule has 29 heavy (non-hydrogen) atoms. The van der Waals surface area contributed by atoms with E-state index in [0.717, 1.165) is 35.7 Å². The van der Waals surface area contributed by atoms with E-state index in [9.17, 15) is 4.39 Å². The van der Waals surface area contributed by atoms with Gasteiger partial charge >= 0.3 is 0 Å². The van der Waals surface area contributed by atoms with Crippen molar-refractivity contribution in [3.8, 4) is 11.5 Å². The van der Waals surface area contributed by atoms with Crippen molar-refractivity contribution >= 4 is 17.3 Å². The first-order valence-electron chi connectivity index (χ1n) is 9.66. The molecule has 2 aromatic rings. The Balaban J connectivity index is 1.33. The molecule has 1 saturated heterocycles. The highest BCUT2D eigenvalue weighted by atomic mass is 32.1. The number of nitrogens with zero attached hydrogens (tertiary/aromatic N) is 1. The van der Waals surface area contributed by atoms with Crippen LogP contribution >= 0.6 is 12.2 Å². The Bertz CT molecular complexity index is 844. The van der Waals surface area contributed by atoms with Crippen LogP contribution in [0.1, 0.15) is 17.2 Å². The summed E-state index contributed by atoms with van der Waals surface area (Å²) >= 11 is 5.46. The zero-order valence-electron chi connectivity index (χ0n) is 16.0. The SMILES string of the molecule is Fc1ccc([C@H](CNC(=S)NCc2ccc3c(c2)OCO3)N2CCOCC2)cc1. The molecular formula is C21H24FN3O3S. The number of ether oxygens (including phenoxy) is 3. The summed E-state index contributed by atoms with van der Waals surface area (Å²) in [5.41, 5.74) is 2.11. The highest BCUT2D eigenvalue weighted by molar-refractivity contribution is 7.80. The van der Waals surface area contributed by atoms with Crippen LogP contribution in [0.4, 0.5) is 4.39 Å². The van der Waals surface area contributed by atoms with Crippen LogP contribution in [-0.4, -0.2) is 49.7 Å². The van der Waals surface area contributed by atoms with Gasteiger partial charge in [0, 0.05) is 26.2 Å². The highest BCUT2D eigenvalue weighted by Gasteiger charge is 2.23. The Hall–Kier alpha value is -2.42. The van der Waals surface area contributed by atoms with Crippen LogP contribution < -0.4 is 20.1 Å². The average Bonchev–Trinajstić information content (AvgIpc) is 3.22. The molecule has 0 aromatic heterocycles. The first-order chi connectivity index (χ1) is 14.2. The monoisotopic (exact) mass is 417 g/mol. The summed E-state index contributed by atoms with van der Waals surface area (Å²) in [6.07, 6.45) is 0. The fourth-order valence-corrected chi connectivity index (χ4v) is 3.67. The zero-order valence-corrected chi connectivity index (χ0v) is 16.8. The van der Waals surface area contributed by atoms with Crippen molar-refractivity contribution < 1.29 is 18.6 Å². The van der Waals surface area contributed by atoms with Crippen molar-refractivity contribution in [1.82, 2.24) is 15.5 Å². The third-order valence-electron chi connectivity index (χ3n) is 5.09. The molecule has 0 aliphatic carbocycles. The van der Waals surface area contributed by atoms with Gasteiger partial charge in [-0.3, -0.25) is 4.90 Å². The molecule has 6 nitrogen and oxygen atoms in total. The van der Waals surface area contributed by atoms with E-state index >= 15 is 0 Å². The van der Waals surface area contributed by atoms with Gasteiger partial charge in [0.05, 0.1) is 19.3 Å². The topological polar surface area (TPSA) is 55.0 Å². The number of thiocarbonyl (C=S) groups is 1. The fraction of sp³-hybridized carbons (Fsp3) is 0.381. The molecule has 2 aliphatic heterocycles. The maximum Gasteiger partial charge on any atom is 0.231 e. The Morgan fingerprint density at radius 1 is 1.03 bits per heavy atom. The Morgan fingerprint density at radius 2 is 1.79 bits per heavy atom. The van der Waals surface area contributed by atoms with E-state index in [2.05, 4.69) is 15.5 Å². The molecule has 1 atom stereocenters. The lowest BCUT2D eigenvalue weighted by atomic mass is 10.0. The van der Waals surface area contributed by atoms with Crippen LogP contribution in [0.3, 0.4) is 0 Å². The minimum absolute atomic E-state index is 0.0878. The smallest absolute Gasteiger partial charge is 0.231 e. The Labute approximate surface area is 174 Å². The normalized spacial score (nSPS) is 17.0. The molecule has 0 unspecified atom stereocenters. The van der Waals surface area contributed by atoms with Crippen molar-refractivity contribution in [1.29, 1.82) is 0 Å². The lowest BCUT2D eigenvalue weighted by Gasteiger charge is -2.35. The number of hydrogen-bond donors (Lipinski definition) is 2. The molecule has 2 aromatic carbocycles. The second-order valence-corrected chi connectivity index (χ2v) is 7.38. The number of nitrogens with one attached hydrogen (secondary N) is 2. The molecule has 8 heteroatoms. The predicted octanol–water partition coefficient (Wildman–Crippen LogP) is 2.59. The second-order valence-electron chi connectivity index (χ2n) is 6.97. The van der Waals surface area contributed by atoms with E-state index in [1.165, 1.54) is 12.1 Å². The zero-order chi connectivity index (χ0) is 20.1. The van der Waals surface area contributed by atoms with Gasteiger partial charge in [-0.1, -0.05) is 18.2 Å². The van der Waals surface area contributed by atoms with Crippen molar-refractivity contribution in [2.75, 3.05) is 39.6 Å². The van der Waals surface area contributed by atoms with Crippen LogP contribution in [0.25, 0.3) is 0 Å². The van der Waals surface area contributed by atoms with Gasteiger partial charge in [0.2, 0.25) is 6.79 Å². The third kappa shape index (κ3) is 5.14. The average molecular weight is 418 g/mol. The number of hydrogen-bond acceptors (Lipinski definition) is 5. The molecule has 0 spiro atoms. The molecule has 0 saturated carbocycles. The van der Waals surface area contributed by atoms with Gasteiger partial charge in [-0.2, -0.15) is 0 Å². The number of benzene rings is 2. The van der Waals surface area contributed by atoms with Crippen molar-refractivity contribution in [3.05, 3.63) is 59.4 Å². The minimum atomic E-state index is -0.233. The number of morpholine rings is 1. The summed E-state index contributed by atoms with van der Waals surface area (Å²) in [4.78, 5) is 2.34. The summed E-state index contributed by atoms with van der Waals surface area (Å²) in [5, 5.41) is 7.11. The largest absolute Gasteiger partial charge is 0.454 e. The second kappa shape index (κ2) is 9.39. The highest BCUT2D eigenvalue weighted by Crippen LogP contribution is 2.32. The summed E-state index contributed by atoms with van der Waals surface area (Å²) in [7, 11) is 0. The van der Waals surface area contributed by atoms with Crippen molar-refractivity contribution in [3.63, 3.8) is 0 Å². The lowest BCUT2D eigenvalue weighted by molar-refractivity contribution is 0.0170. The minimum Gasteiger partial charge on any atom is -0.454 e. The summed E-state index contributed by atoms with van der Waals surface area (Å²) < 4.78 is 29.6. The van der Waals surface area contributed by atoms with Crippen LogP contribution in [0, 0.1) is 5.82 Å². The molecule has 1 fully saturated rings. The standard InChI is InChI=1S/C21H24FN3O3S/c22-17-4-2-16(3-5-17)18(25-7-9-26-10-8-25)13-24-21(29)23-12-15-1-6-19-20(11-15)28-14-27-19/h1-6,11,18H,7-10,12-14H2,(H2,23,24,29)/t18-/m0/s1. The molecule has 2 heterocycles. The summed E-state index contributed by atoms with van der Waals surface area (Å²) in [6.45, 7) is 4.54. The lowest BCUT2D eigenvalue weighted by Crippen LogP contribution is -2.45. The molecule has 154 valence electrons. The number of rotatable bonds is 6. The van der Waals surface area contributed by atoms with Crippen molar-refractivity contribution in [2.24, 2.45) is 0 Å². The van der Waals surface area contributed by atoms with Gasteiger partial charge < -0.3 is 24.8 Å². The van der Waals surface area contributed by atoms with Crippen LogP contribution in [0.15, 0.2) is 42.5 Å².